The normalized spacial score (nSPS) is 42.2. The van der Waals surface area contributed by atoms with Crippen LogP contribution in [0.15, 0.2) is 0 Å². The van der Waals surface area contributed by atoms with Crippen LogP contribution in [0.4, 0.5) is 0 Å². The van der Waals surface area contributed by atoms with E-state index in [1.165, 1.54) is 17.9 Å². The van der Waals surface area contributed by atoms with Gasteiger partial charge < -0.3 is 10.4 Å². The van der Waals surface area contributed by atoms with Crippen LogP contribution in [0, 0.1) is 11.8 Å². The Balaban J connectivity index is 1.99. The summed E-state index contributed by atoms with van der Waals surface area (Å²) >= 11 is 2.05. The molecule has 0 aromatic carbocycles. The average Bonchev–Trinajstić information content (AvgIpc) is 2.17. The summed E-state index contributed by atoms with van der Waals surface area (Å²) in [5, 5.41) is 12.8. The van der Waals surface area contributed by atoms with Crippen LogP contribution < -0.4 is 5.32 Å². The molecule has 2 saturated heterocycles. The van der Waals surface area contributed by atoms with Crippen molar-refractivity contribution in [2.24, 2.45) is 11.8 Å². The van der Waals surface area contributed by atoms with Gasteiger partial charge in [0.25, 0.3) is 0 Å². The second-order valence-corrected chi connectivity index (χ2v) is 4.97. The highest BCUT2D eigenvalue weighted by Gasteiger charge is 2.34. The number of thioether (sulfide) groups is 1. The highest BCUT2D eigenvalue weighted by molar-refractivity contribution is 7.99. The molecule has 0 amide bonds. The number of hydrogen-bond acceptors (Lipinski definition) is 3. The Labute approximate surface area is 78.1 Å². The van der Waals surface area contributed by atoms with Gasteiger partial charge in [0, 0.05) is 12.6 Å². The average molecular weight is 187 g/mol. The van der Waals surface area contributed by atoms with E-state index in [-0.39, 0.29) is 0 Å². The lowest BCUT2D eigenvalue weighted by atomic mass is 9.81. The Morgan fingerprint density at radius 2 is 2.33 bits per heavy atom. The van der Waals surface area contributed by atoms with Crippen LogP contribution in [0.3, 0.4) is 0 Å². The van der Waals surface area contributed by atoms with E-state index in [1.807, 2.05) is 11.8 Å². The van der Waals surface area contributed by atoms with Gasteiger partial charge in [0.1, 0.15) is 0 Å². The Bertz CT molecular complexity index is 145. The zero-order chi connectivity index (χ0) is 8.39. The number of hydrogen-bond donors (Lipinski definition) is 2. The van der Waals surface area contributed by atoms with Crippen molar-refractivity contribution < 1.29 is 5.11 Å². The van der Waals surface area contributed by atoms with Gasteiger partial charge in [-0.2, -0.15) is 11.8 Å². The van der Waals surface area contributed by atoms with Gasteiger partial charge in [0.05, 0.1) is 0 Å². The van der Waals surface area contributed by atoms with Crippen molar-refractivity contribution in [3.8, 4) is 0 Å². The minimum Gasteiger partial charge on any atom is -0.396 e. The predicted molar refractivity (Wildman–Crippen MR) is 52.4 cm³/mol. The SMILES string of the molecule is OCC1CCNC2CCSCC12. The molecule has 3 unspecified atom stereocenters. The summed E-state index contributed by atoms with van der Waals surface area (Å²) < 4.78 is 0. The van der Waals surface area contributed by atoms with E-state index in [4.69, 9.17) is 0 Å². The van der Waals surface area contributed by atoms with E-state index in [1.54, 1.807) is 0 Å². The molecular formula is C9H17NOS. The number of aliphatic hydroxyl groups is 1. The highest BCUT2D eigenvalue weighted by Crippen LogP contribution is 2.32. The van der Waals surface area contributed by atoms with Gasteiger partial charge in [-0.25, -0.2) is 0 Å². The van der Waals surface area contributed by atoms with E-state index in [0.29, 0.717) is 18.6 Å². The molecule has 2 heterocycles. The predicted octanol–water partition coefficient (Wildman–Crippen LogP) is 0.710. The largest absolute Gasteiger partial charge is 0.396 e. The van der Waals surface area contributed by atoms with E-state index in [0.717, 1.165) is 18.9 Å². The second-order valence-electron chi connectivity index (χ2n) is 3.82. The molecule has 2 nitrogen and oxygen atoms in total. The molecule has 3 heteroatoms. The van der Waals surface area contributed by atoms with Gasteiger partial charge in [-0.1, -0.05) is 0 Å². The van der Waals surface area contributed by atoms with Crippen molar-refractivity contribution in [1.82, 2.24) is 5.32 Å². The molecule has 0 bridgehead atoms. The smallest absolute Gasteiger partial charge is 0.0463 e. The van der Waals surface area contributed by atoms with Crippen molar-refractivity contribution in [2.75, 3.05) is 24.7 Å². The molecular weight excluding hydrogens is 170 g/mol. The van der Waals surface area contributed by atoms with Crippen LogP contribution in [0.2, 0.25) is 0 Å². The molecule has 0 aromatic heterocycles. The van der Waals surface area contributed by atoms with Gasteiger partial charge in [0.2, 0.25) is 0 Å². The molecule has 2 aliphatic rings. The van der Waals surface area contributed by atoms with E-state index < -0.39 is 0 Å². The molecule has 0 radical (unpaired) electrons. The molecule has 3 atom stereocenters. The van der Waals surface area contributed by atoms with Gasteiger partial charge >= 0.3 is 0 Å². The maximum absolute atomic E-state index is 9.19. The van der Waals surface area contributed by atoms with Crippen LogP contribution in [0.1, 0.15) is 12.8 Å². The van der Waals surface area contributed by atoms with E-state index >= 15 is 0 Å². The van der Waals surface area contributed by atoms with Crippen molar-refractivity contribution in [2.45, 2.75) is 18.9 Å². The molecule has 2 aliphatic heterocycles. The van der Waals surface area contributed by atoms with E-state index in [2.05, 4.69) is 5.32 Å². The molecule has 70 valence electrons. The molecule has 0 aromatic rings. The third kappa shape index (κ3) is 1.63. The molecule has 2 N–H and O–H groups in total. The Morgan fingerprint density at radius 1 is 1.42 bits per heavy atom. The standard InChI is InChI=1S/C9H17NOS/c11-5-7-1-3-10-9-2-4-12-6-8(7)9/h7-11H,1-6H2. The fraction of sp³-hybridized carbons (Fsp3) is 1.00. The lowest BCUT2D eigenvalue weighted by Gasteiger charge is -2.41. The minimum atomic E-state index is 0.392. The summed E-state index contributed by atoms with van der Waals surface area (Å²) in [6, 6.07) is 0.706. The third-order valence-electron chi connectivity index (χ3n) is 3.16. The van der Waals surface area contributed by atoms with E-state index in [9.17, 15) is 5.11 Å². The number of fused-ring (bicyclic) bond motifs is 1. The third-order valence-corrected chi connectivity index (χ3v) is 4.31. The number of rotatable bonds is 1. The lowest BCUT2D eigenvalue weighted by Crippen LogP contribution is -2.50. The van der Waals surface area contributed by atoms with Gasteiger partial charge in [-0.15, -0.1) is 0 Å². The zero-order valence-corrected chi connectivity index (χ0v) is 8.15. The molecule has 12 heavy (non-hydrogen) atoms. The number of nitrogens with one attached hydrogen (secondary N) is 1. The summed E-state index contributed by atoms with van der Waals surface area (Å²) in [5.41, 5.74) is 0. The van der Waals surface area contributed by atoms with Crippen molar-refractivity contribution in [3.05, 3.63) is 0 Å². The molecule has 2 rings (SSSR count). The zero-order valence-electron chi connectivity index (χ0n) is 7.33. The van der Waals surface area contributed by atoms with Crippen molar-refractivity contribution in [3.63, 3.8) is 0 Å². The first-order valence-corrected chi connectivity index (χ1v) is 5.99. The maximum atomic E-state index is 9.19. The summed E-state index contributed by atoms with van der Waals surface area (Å²) in [4.78, 5) is 0. The van der Waals surface area contributed by atoms with Crippen LogP contribution >= 0.6 is 11.8 Å². The van der Waals surface area contributed by atoms with Crippen LogP contribution in [-0.2, 0) is 0 Å². The Hall–Kier alpha value is 0.270. The molecule has 2 fully saturated rings. The van der Waals surface area contributed by atoms with Crippen molar-refractivity contribution in [1.29, 1.82) is 0 Å². The fourth-order valence-electron chi connectivity index (χ4n) is 2.37. The Morgan fingerprint density at radius 3 is 3.17 bits per heavy atom. The quantitative estimate of drug-likeness (QED) is 0.634. The van der Waals surface area contributed by atoms with Crippen LogP contribution in [0.25, 0.3) is 0 Å². The highest BCUT2D eigenvalue weighted by atomic mass is 32.2. The van der Waals surface area contributed by atoms with Crippen LogP contribution in [0.5, 0.6) is 0 Å². The van der Waals surface area contributed by atoms with Crippen molar-refractivity contribution >= 4 is 11.8 Å². The molecule has 0 aliphatic carbocycles. The molecule has 0 spiro atoms. The first kappa shape index (κ1) is 8.85. The summed E-state index contributed by atoms with van der Waals surface area (Å²) in [6.07, 6.45) is 2.46. The first-order valence-electron chi connectivity index (χ1n) is 4.84. The summed E-state index contributed by atoms with van der Waals surface area (Å²) in [6.45, 7) is 1.50. The van der Waals surface area contributed by atoms with Crippen LogP contribution in [-0.4, -0.2) is 35.8 Å². The minimum absolute atomic E-state index is 0.392. The fourth-order valence-corrected chi connectivity index (χ4v) is 3.74. The first-order chi connectivity index (χ1) is 5.92. The van der Waals surface area contributed by atoms with Gasteiger partial charge in [-0.05, 0) is 42.7 Å². The van der Waals surface area contributed by atoms with Gasteiger partial charge in [-0.3, -0.25) is 0 Å². The lowest BCUT2D eigenvalue weighted by molar-refractivity contribution is 0.121. The maximum Gasteiger partial charge on any atom is 0.0463 e. The Kier molecular flexibility index (Phi) is 2.94. The number of piperidine rings is 1. The monoisotopic (exact) mass is 187 g/mol. The second kappa shape index (κ2) is 3.99. The van der Waals surface area contributed by atoms with Gasteiger partial charge in [0.15, 0.2) is 0 Å². The topological polar surface area (TPSA) is 32.3 Å². The molecule has 0 saturated carbocycles. The summed E-state index contributed by atoms with van der Waals surface area (Å²) in [7, 11) is 0. The summed E-state index contributed by atoms with van der Waals surface area (Å²) in [5.74, 6) is 3.86. The number of aliphatic hydroxyl groups excluding tert-OH is 1.